The fourth-order valence-corrected chi connectivity index (χ4v) is 3.19. The van der Waals surface area contributed by atoms with Gasteiger partial charge in [-0.3, -0.25) is 19.2 Å². The van der Waals surface area contributed by atoms with Crippen LogP contribution in [0.3, 0.4) is 0 Å². The van der Waals surface area contributed by atoms with Crippen LogP contribution in [0.15, 0.2) is 42.9 Å². The van der Waals surface area contributed by atoms with Crippen molar-refractivity contribution in [2.24, 2.45) is 11.5 Å². The van der Waals surface area contributed by atoms with E-state index in [0.29, 0.717) is 11.3 Å². The number of H-pyrrole nitrogens is 1. The lowest BCUT2D eigenvalue weighted by Crippen LogP contribution is -2.58. The van der Waals surface area contributed by atoms with E-state index >= 15 is 0 Å². The van der Waals surface area contributed by atoms with Crippen molar-refractivity contribution in [2.45, 2.75) is 43.4 Å². The Morgan fingerprint density at radius 3 is 2.08 bits per heavy atom. The maximum absolute atomic E-state index is 13.1. The van der Waals surface area contributed by atoms with E-state index in [9.17, 15) is 29.1 Å². The summed E-state index contributed by atoms with van der Waals surface area (Å²) >= 11 is 0. The molecular weight excluding hydrogens is 474 g/mol. The van der Waals surface area contributed by atoms with Gasteiger partial charge < -0.3 is 42.6 Å². The minimum Gasteiger partial charge on any atom is -0.480 e. The maximum Gasteiger partial charge on any atom is 0.326 e. The monoisotopic (exact) mass is 503 g/mol. The Hall–Kier alpha value is -4.30. The second kappa shape index (κ2) is 13.6. The minimum atomic E-state index is -1.49. The second-order valence-electron chi connectivity index (χ2n) is 7.95. The quantitative estimate of drug-likeness (QED) is 0.130. The van der Waals surface area contributed by atoms with Gasteiger partial charge in [0.1, 0.15) is 24.2 Å². The number of nitrogens with one attached hydrogen (secondary N) is 4. The number of aliphatic hydroxyl groups excluding tert-OH is 1. The number of rotatable bonds is 14. The van der Waals surface area contributed by atoms with Crippen molar-refractivity contribution >= 4 is 29.6 Å². The first-order valence-corrected chi connectivity index (χ1v) is 10.9. The molecule has 0 aliphatic carbocycles. The summed E-state index contributed by atoms with van der Waals surface area (Å²) in [4.78, 5) is 67.9. The number of amides is 4. The van der Waals surface area contributed by atoms with Crippen molar-refractivity contribution in [3.63, 3.8) is 0 Å². The van der Waals surface area contributed by atoms with Crippen LogP contribution in [-0.4, -0.2) is 80.6 Å². The van der Waals surface area contributed by atoms with Gasteiger partial charge in [0.05, 0.1) is 19.4 Å². The Bertz CT molecular complexity index is 1050. The molecule has 0 aliphatic rings. The third kappa shape index (κ3) is 8.81. The van der Waals surface area contributed by atoms with Crippen molar-refractivity contribution in [1.82, 2.24) is 25.9 Å². The number of hydrogen-bond donors (Lipinski definition) is 8. The van der Waals surface area contributed by atoms with E-state index in [-0.39, 0.29) is 12.8 Å². The van der Waals surface area contributed by atoms with Gasteiger partial charge in [-0.15, -0.1) is 0 Å². The summed E-state index contributed by atoms with van der Waals surface area (Å²) in [6.45, 7) is -0.706. The molecule has 4 amide bonds. The predicted molar refractivity (Wildman–Crippen MR) is 125 cm³/mol. The molecule has 1 heterocycles. The first-order chi connectivity index (χ1) is 17.1. The number of primary amides is 1. The third-order valence-corrected chi connectivity index (χ3v) is 5.08. The van der Waals surface area contributed by atoms with E-state index in [1.54, 1.807) is 30.3 Å². The highest BCUT2D eigenvalue weighted by Gasteiger charge is 2.31. The molecule has 0 fully saturated rings. The Kier molecular flexibility index (Phi) is 10.5. The van der Waals surface area contributed by atoms with Crippen LogP contribution in [-0.2, 0) is 36.8 Å². The topological polar surface area (TPSA) is 243 Å². The van der Waals surface area contributed by atoms with Gasteiger partial charge in [-0.2, -0.15) is 0 Å². The summed E-state index contributed by atoms with van der Waals surface area (Å²) in [6.07, 6.45) is 2.06. The van der Waals surface area contributed by atoms with Crippen molar-refractivity contribution in [3.8, 4) is 0 Å². The van der Waals surface area contributed by atoms with Gasteiger partial charge in [0.2, 0.25) is 23.6 Å². The SMILES string of the molecule is NC(=O)CC(NC(=O)C(N)CO)C(=O)NC(Cc1ccccc1)C(=O)NC(Cc1cnc[nH]1)C(=O)O. The maximum atomic E-state index is 13.1. The first-order valence-electron chi connectivity index (χ1n) is 10.9. The number of carbonyl (C=O) groups excluding carboxylic acids is 4. The Morgan fingerprint density at radius 2 is 1.53 bits per heavy atom. The van der Waals surface area contributed by atoms with Crippen molar-refractivity contribution in [3.05, 3.63) is 54.1 Å². The lowest BCUT2D eigenvalue weighted by molar-refractivity contribution is -0.142. The summed E-state index contributed by atoms with van der Waals surface area (Å²) in [7, 11) is 0. The third-order valence-electron chi connectivity index (χ3n) is 5.08. The highest BCUT2D eigenvalue weighted by atomic mass is 16.4. The summed E-state index contributed by atoms with van der Waals surface area (Å²) in [5.74, 6) is -4.87. The van der Waals surface area contributed by atoms with Gasteiger partial charge in [-0.1, -0.05) is 30.3 Å². The van der Waals surface area contributed by atoms with Gasteiger partial charge in [0.15, 0.2) is 0 Å². The molecule has 1 aromatic carbocycles. The summed E-state index contributed by atoms with van der Waals surface area (Å²) in [5.41, 5.74) is 11.8. The van der Waals surface area contributed by atoms with Gasteiger partial charge in [-0.05, 0) is 5.56 Å². The molecule has 1 aromatic heterocycles. The molecule has 14 nitrogen and oxygen atoms in total. The lowest BCUT2D eigenvalue weighted by atomic mass is 10.0. The zero-order chi connectivity index (χ0) is 26.7. The average Bonchev–Trinajstić information content (AvgIpc) is 3.35. The molecule has 2 aromatic rings. The molecule has 4 atom stereocenters. The number of carbonyl (C=O) groups is 5. The average molecular weight is 504 g/mol. The number of imidazole rings is 1. The first kappa shape index (κ1) is 27.9. The molecule has 10 N–H and O–H groups in total. The number of nitrogens with zero attached hydrogens (tertiary/aromatic N) is 1. The van der Waals surface area contributed by atoms with Crippen molar-refractivity contribution in [1.29, 1.82) is 0 Å². The van der Waals surface area contributed by atoms with E-state index in [1.807, 2.05) is 0 Å². The molecule has 0 aliphatic heterocycles. The molecule has 0 bridgehead atoms. The number of aromatic amines is 1. The van der Waals surface area contributed by atoms with Crippen LogP contribution < -0.4 is 27.4 Å². The summed E-state index contributed by atoms with van der Waals surface area (Å²) in [5, 5.41) is 25.7. The zero-order valence-corrected chi connectivity index (χ0v) is 19.2. The molecule has 36 heavy (non-hydrogen) atoms. The zero-order valence-electron chi connectivity index (χ0n) is 19.2. The molecule has 0 saturated carbocycles. The fourth-order valence-electron chi connectivity index (χ4n) is 3.19. The Labute approximate surface area is 205 Å². The van der Waals surface area contributed by atoms with E-state index in [4.69, 9.17) is 16.6 Å². The largest absolute Gasteiger partial charge is 0.480 e. The standard InChI is InChI=1S/C22H29N7O7/c23-14(10-30)19(32)27-16(8-18(24)31)21(34)28-15(6-12-4-2-1-3-5-12)20(33)29-17(22(35)36)7-13-9-25-11-26-13/h1-5,9,11,14-17,30H,6-8,10,23H2,(H2,24,31)(H,25,26)(H,27,32)(H,28,34)(H,29,33)(H,35,36). The Morgan fingerprint density at radius 1 is 0.917 bits per heavy atom. The van der Waals surface area contributed by atoms with E-state index in [1.165, 1.54) is 12.5 Å². The van der Waals surface area contributed by atoms with Crippen LogP contribution >= 0.6 is 0 Å². The molecular formula is C22H29N7O7. The van der Waals surface area contributed by atoms with Gasteiger partial charge in [-0.25, -0.2) is 9.78 Å². The minimum absolute atomic E-state index is 0.0256. The van der Waals surface area contributed by atoms with Crippen LogP contribution in [0.1, 0.15) is 17.7 Å². The molecule has 2 rings (SSSR count). The van der Waals surface area contributed by atoms with Gasteiger partial charge in [0.25, 0.3) is 0 Å². The molecule has 0 saturated heterocycles. The number of nitrogens with two attached hydrogens (primary N) is 2. The lowest BCUT2D eigenvalue weighted by Gasteiger charge is -2.24. The second-order valence-corrected chi connectivity index (χ2v) is 7.95. The van der Waals surface area contributed by atoms with Crippen molar-refractivity contribution < 1.29 is 34.2 Å². The van der Waals surface area contributed by atoms with E-state index in [0.717, 1.165) is 0 Å². The Balaban J connectivity index is 2.23. The highest BCUT2D eigenvalue weighted by molar-refractivity contribution is 5.96. The highest BCUT2D eigenvalue weighted by Crippen LogP contribution is 2.07. The molecule has 4 unspecified atom stereocenters. The molecule has 14 heteroatoms. The molecule has 194 valence electrons. The van der Waals surface area contributed by atoms with Crippen molar-refractivity contribution in [2.75, 3.05) is 6.61 Å². The number of aliphatic carboxylic acids is 1. The van der Waals surface area contributed by atoms with Crippen LogP contribution in [0.5, 0.6) is 0 Å². The van der Waals surface area contributed by atoms with Crippen LogP contribution in [0.4, 0.5) is 0 Å². The number of hydrogen-bond acceptors (Lipinski definition) is 8. The summed E-state index contributed by atoms with van der Waals surface area (Å²) in [6, 6.07) is 3.15. The molecule has 0 radical (unpaired) electrons. The number of aliphatic hydroxyl groups is 1. The van der Waals surface area contributed by atoms with E-state index in [2.05, 4.69) is 25.9 Å². The number of carboxylic acids is 1. The predicted octanol–water partition coefficient (Wildman–Crippen LogP) is -3.07. The number of carboxylic acid groups (broad SMARTS) is 1. The van der Waals surface area contributed by atoms with Crippen LogP contribution in [0.25, 0.3) is 0 Å². The normalized spacial score (nSPS) is 14.1. The van der Waals surface area contributed by atoms with Crippen LogP contribution in [0, 0.1) is 0 Å². The van der Waals surface area contributed by atoms with Gasteiger partial charge in [0, 0.05) is 24.7 Å². The van der Waals surface area contributed by atoms with Gasteiger partial charge >= 0.3 is 5.97 Å². The summed E-state index contributed by atoms with van der Waals surface area (Å²) < 4.78 is 0. The number of aromatic nitrogens is 2. The number of benzene rings is 1. The van der Waals surface area contributed by atoms with E-state index < -0.39 is 66.8 Å². The smallest absolute Gasteiger partial charge is 0.326 e. The fraction of sp³-hybridized carbons (Fsp3) is 0.364. The molecule has 0 spiro atoms. The van der Waals surface area contributed by atoms with Crippen LogP contribution in [0.2, 0.25) is 0 Å².